The van der Waals surface area contributed by atoms with E-state index >= 15 is 0 Å². The zero-order valence-corrected chi connectivity index (χ0v) is 21.2. The first-order valence-electron chi connectivity index (χ1n) is 11.7. The molecule has 0 aliphatic heterocycles. The molecule has 0 saturated carbocycles. The molecule has 15 nitrogen and oxygen atoms in total. The van der Waals surface area contributed by atoms with Crippen molar-refractivity contribution in [3.05, 3.63) is 0 Å². The van der Waals surface area contributed by atoms with Crippen molar-refractivity contribution in [2.24, 2.45) is 11.7 Å². The normalized spacial score (nSPS) is 17.6. The van der Waals surface area contributed by atoms with Gasteiger partial charge in [0.25, 0.3) is 0 Å². The number of ether oxygens (including phenoxy) is 1. The van der Waals surface area contributed by atoms with E-state index in [1.165, 1.54) is 13.8 Å². The number of nitrogens with two attached hydrogens (primary N) is 1. The van der Waals surface area contributed by atoms with Crippen molar-refractivity contribution >= 4 is 35.9 Å². The van der Waals surface area contributed by atoms with Crippen molar-refractivity contribution in [3.63, 3.8) is 0 Å². The minimum Gasteiger partial charge on any atom is -0.481 e. The largest absolute Gasteiger partial charge is 0.481 e. The third kappa shape index (κ3) is 11.6. The first-order valence-corrected chi connectivity index (χ1v) is 11.7. The molecule has 37 heavy (non-hydrogen) atoms. The van der Waals surface area contributed by atoms with Crippen molar-refractivity contribution in [1.82, 2.24) is 16.0 Å². The number of carbonyl (C=O) groups is 6. The van der Waals surface area contributed by atoms with Gasteiger partial charge in [-0.15, -0.1) is 0 Å². The molecular formula is C22H38N4O11. The minimum absolute atomic E-state index is 0.216. The van der Waals surface area contributed by atoms with E-state index in [-0.39, 0.29) is 19.1 Å². The Morgan fingerprint density at radius 1 is 1.03 bits per heavy atom. The third-order valence-corrected chi connectivity index (χ3v) is 5.61. The van der Waals surface area contributed by atoms with Crippen LogP contribution in [0.15, 0.2) is 0 Å². The molecule has 4 amide bonds. The van der Waals surface area contributed by atoms with Crippen molar-refractivity contribution in [1.29, 1.82) is 0 Å². The molecule has 0 radical (unpaired) electrons. The zero-order valence-electron chi connectivity index (χ0n) is 21.2. The van der Waals surface area contributed by atoms with Crippen LogP contribution in [0.5, 0.6) is 0 Å². The van der Waals surface area contributed by atoms with Gasteiger partial charge in [0.15, 0.2) is 0 Å². The summed E-state index contributed by atoms with van der Waals surface area (Å²) in [5, 5.41) is 45.2. The lowest BCUT2D eigenvalue weighted by molar-refractivity contribution is -0.157. The van der Waals surface area contributed by atoms with Crippen LogP contribution < -0.4 is 21.7 Å². The van der Waals surface area contributed by atoms with Crippen LogP contribution in [0.25, 0.3) is 0 Å². The lowest BCUT2D eigenvalue weighted by Crippen LogP contribution is -2.57. The summed E-state index contributed by atoms with van der Waals surface area (Å²) in [7, 11) is 0. The van der Waals surface area contributed by atoms with Gasteiger partial charge in [0, 0.05) is 19.4 Å². The molecule has 15 heteroatoms. The van der Waals surface area contributed by atoms with E-state index in [1.807, 2.05) is 0 Å². The molecule has 0 heterocycles. The Balaban J connectivity index is 5.47. The molecule has 4 unspecified atom stereocenters. The number of hydrogen-bond donors (Lipinski definition) is 8. The first-order chi connectivity index (χ1) is 17.2. The van der Waals surface area contributed by atoms with E-state index in [9.17, 15) is 39.0 Å². The van der Waals surface area contributed by atoms with Crippen LogP contribution in [-0.2, 0) is 33.5 Å². The molecule has 212 valence electrons. The van der Waals surface area contributed by atoms with Gasteiger partial charge in [-0.25, -0.2) is 0 Å². The van der Waals surface area contributed by atoms with Crippen LogP contribution in [0.2, 0.25) is 0 Å². The molecule has 0 aromatic rings. The van der Waals surface area contributed by atoms with Gasteiger partial charge in [0.1, 0.15) is 42.8 Å². The second-order valence-corrected chi connectivity index (χ2v) is 8.55. The molecule has 0 aromatic carbocycles. The van der Waals surface area contributed by atoms with Gasteiger partial charge in [-0.3, -0.25) is 24.0 Å². The first kappa shape index (κ1) is 33.9. The number of hydrogen-bond acceptors (Lipinski definition) is 10. The Kier molecular flexibility index (Phi) is 15.2. The fourth-order valence-electron chi connectivity index (χ4n) is 3.35. The number of aliphatic carboxylic acids is 1. The molecule has 0 spiro atoms. The fraction of sp³-hybridized carbons (Fsp3) is 0.727. The summed E-state index contributed by atoms with van der Waals surface area (Å²) in [6.45, 7) is 4.61. The molecule has 0 fully saturated rings. The molecule has 0 aliphatic carbocycles. The predicted molar refractivity (Wildman–Crippen MR) is 126 cm³/mol. The highest BCUT2D eigenvalue weighted by atomic mass is 16.5. The lowest BCUT2D eigenvalue weighted by atomic mass is 9.97. The van der Waals surface area contributed by atoms with Gasteiger partial charge >= 0.3 is 5.97 Å². The molecule has 8 atom stereocenters. The SMILES string of the molecule is CCC(NC(=O)C(C)O[C@@H]([C@H](O)[C@H](O)CO)[C@H](C=O)NC(C)=O)C(C)C(=O)NC(CCC(=O)O)C(N)=O. The van der Waals surface area contributed by atoms with E-state index in [0.29, 0.717) is 0 Å². The number of carboxylic acid groups (broad SMARTS) is 1. The number of aldehydes is 1. The Bertz CT molecular complexity index is 809. The molecule has 0 aliphatic rings. The Hall–Kier alpha value is -3.14. The molecule has 0 aromatic heterocycles. The average molecular weight is 535 g/mol. The Morgan fingerprint density at radius 2 is 1.62 bits per heavy atom. The monoisotopic (exact) mass is 534 g/mol. The van der Waals surface area contributed by atoms with Gasteiger partial charge in [0.2, 0.25) is 23.6 Å². The van der Waals surface area contributed by atoms with Gasteiger partial charge in [0.05, 0.1) is 12.5 Å². The highest BCUT2D eigenvalue weighted by Crippen LogP contribution is 2.14. The van der Waals surface area contributed by atoms with Gasteiger partial charge < -0.3 is 51.6 Å². The standard InChI is InChI=1S/C22H38N4O11/c1-5-13(10(2)21(35)26-14(20(23)34)6-7-17(31)32)25-22(36)11(3)37-19(18(33)16(30)9-28)15(8-27)24-12(4)29/h8,10-11,13-16,18-19,28,30,33H,5-7,9H2,1-4H3,(H2,23,34)(H,24,29)(H,25,36)(H,26,35)(H,31,32)/t10?,11?,13?,14?,15-,16+,18+,19+/m0/s1. The lowest BCUT2D eigenvalue weighted by Gasteiger charge is -2.33. The van der Waals surface area contributed by atoms with Gasteiger partial charge in [-0.1, -0.05) is 13.8 Å². The van der Waals surface area contributed by atoms with Crippen molar-refractivity contribution in [2.45, 2.75) is 89.5 Å². The fourth-order valence-corrected chi connectivity index (χ4v) is 3.35. The van der Waals surface area contributed by atoms with E-state index < -0.39 is 91.1 Å². The highest BCUT2D eigenvalue weighted by Gasteiger charge is 2.37. The molecule has 0 bridgehead atoms. The van der Waals surface area contributed by atoms with Crippen LogP contribution in [-0.4, -0.2) is 105 Å². The predicted octanol–water partition coefficient (Wildman–Crippen LogP) is -3.46. The van der Waals surface area contributed by atoms with Crippen LogP contribution in [0.4, 0.5) is 0 Å². The number of nitrogens with one attached hydrogen (secondary N) is 3. The number of aliphatic hydroxyl groups is 3. The maximum Gasteiger partial charge on any atom is 0.303 e. The smallest absolute Gasteiger partial charge is 0.303 e. The van der Waals surface area contributed by atoms with Crippen molar-refractivity contribution < 1.29 is 53.9 Å². The maximum absolute atomic E-state index is 12.8. The summed E-state index contributed by atoms with van der Waals surface area (Å²) < 4.78 is 5.49. The minimum atomic E-state index is -1.86. The van der Waals surface area contributed by atoms with Gasteiger partial charge in [-0.2, -0.15) is 0 Å². The summed E-state index contributed by atoms with van der Waals surface area (Å²) in [6, 6.07) is -3.47. The molecule has 0 rings (SSSR count). The van der Waals surface area contributed by atoms with E-state index in [2.05, 4.69) is 16.0 Å². The summed E-state index contributed by atoms with van der Waals surface area (Å²) in [5.74, 6) is -5.08. The summed E-state index contributed by atoms with van der Waals surface area (Å²) in [5.41, 5.74) is 5.23. The van der Waals surface area contributed by atoms with Crippen LogP contribution in [0.3, 0.4) is 0 Å². The number of aliphatic hydroxyl groups excluding tert-OH is 3. The van der Waals surface area contributed by atoms with Crippen LogP contribution in [0, 0.1) is 5.92 Å². The second kappa shape index (κ2) is 16.6. The summed E-state index contributed by atoms with van der Waals surface area (Å²) >= 11 is 0. The highest BCUT2D eigenvalue weighted by molar-refractivity contribution is 5.88. The number of primary amides is 1. The van der Waals surface area contributed by atoms with Crippen LogP contribution >= 0.6 is 0 Å². The Morgan fingerprint density at radius 3 is 2.05 bits per heavy atom. The van der Waals surface area contributed by atoms with E-state index in [1.54, 1.807) is 6.92 Å². The average Bonchev–Trinajstić information content (AvgIpc) is 2.84. The summed E-state index contributed by atoms with van der Waals surface area (Å²) in [6.07, 6.45) is -6.70. The molecule has 0 saturated heterocycles. The number of carbonyl (C=O) groups excluding carboxylic acids is 5. The van der Waals surface area contributed by atoms with Crippen molar-refractivity contribution in [2.75, 3.05) is 6.61 Å². The van der Waals surface area contributed by atoms with E-state index in [4.69, 9.17) is 20.7 Å². The van der Waals surface area contributed by atoms with Crippen molar-refractivity contribution in [3.8, 4) is 0 Å². The topological polar surface area (TPSA) is 255 Å². The van der Waals surface area contributed by atoms with Crippen LogP contribution in [0.1, 0.15) is 47.0 Å². The maximum atomic E-state index is 12.8. The zero-order chi connectivity index (χ0) is 28.9. The number of carboxylic acids is 1. The molecular weight excluding hydrogens is 496 g/mol. The second-order valence-electron chi connectivity index (χ2n) is 8.55. The molecule has 9 N–H and O–H groups in total. The van der Waals surface area contributed by atoms with E-state index in [0.717, 1.165) is 6.92 Å². The Labute approximate surface area is 214 Å². The quantitative estimate of drug-likeness (QED) is 0.0802. The third-order valence-electron chi connectivity index (χ3n) is 5.61. The number of rotatable bonds is 18. The van der Waals surface area contributed by atoms with Gasteiger partial charge in [-0.05, 0) is 19.8 Å². The summed E-state index contributed by atoms with van der Waals surface area (Å²) in [4.78, 5) is 70.7. The number of amides is 4.